The fourth-order valence-electron chi connectivity index (χ4n) is 2.46. The third kappa shape index (κ3) is 2.97. The lowest BCUT2D eigenvalue weighted by Gasteiger charge is -2.27. The lowest BCUT2D eigenvalue weighted by Crippen LogP contribution is -2.36. The number of nitrogen functional groups attached to an aromatic ring is 1. The van der Waals surface area contributed by atoms with E-state index in [1.165, 1.54) is 29.6 Å². The first kappa shape index (κ1) is 16.0. The van der Waals surface area contributed by atoms with Crippen molar-refractivity contribution >= 4 is 27.6 Å². The Bertz CT molecular complexity index is 857. The molecule has 0 unspecified atom stereocenters. The smallest absolute Gasteiger partial charge is 0.243 e. The Morgan fingerprint density at radius 3 is 2.87 bits per heavy atom. The Labute approximate surface area is 139 Å². The predicted molar refractivity (Wildman–Crippen MR) is 85.7 cm³/mol. The SMILES string of the molecule is COc1ccc(S(=O)(=O)N2CCc3cnc(N)nc3C2)cc1Cl. The van der Waals surface area contributed by atoms with Gasteiger partial charge in [-0.05, 0) is 30.2 Å². The van der Waals surface area contributed by atoms with Gasteiger partial charge in [-0.15, -0.1) is 0 Å². The largest absolute Gasteiger partial charge is 0.495 e. The van der Waals surface area contributed by atoms with E-state index in [4.69, 9.17) is 22.1 Å². The summed E-state index contributed by atoms with van der Waals surface area (Å²) in [5.74, 6) is 0.561. The summed E-state index contributed by atoms with van der Waals surface area (Å²) < 4.78 is 32.0. The molecule has 3 rings (SSSR count). The number of methoxy groups -OCH3 is 1. The highest BCUT2D eigenvalue weighted by atomic mass is 35.5. The van der Waals surface area contributed by atoms with Crippen LogP contribution in [0, 0.1) is 0 Å². The van der Waals surface area contributed by atoms with E-state index in [1.807, 2.05) is 0 Å². The summed E-state index contributed by atoms with van der Waals surface area (Å²) in [6.45, 7) is 0.514. The van der Waals surface area contributed by atoms with E-state index in [1.54, 1.807) is 6.20 Å². The van der Waals surface area contributed by atoms with Gasteiger partial charge in [-0.25, -0.2) is 18.4 Å². The molecular formula is C14H15ClN4O3S. The molecule has 0 saturated carbocycles. The van der Waals surface area contributed by atoms with Crippen LogP contribution in [0.5, 0.6) is 5.75 Å². The van der Waals surface area contributed by atoms with E-state index >= 15 is 0 Å². The van der Waals surface area contributed by atoms with Crippen molar-refractivity contribution in [1.29, 1.82) is 0 Å². The zero-order valence-corrected chi connectivity index (χ0v) is 13.9. The Balaban J connectivity index is 1.93. The average Bonchev–Trinajstić information content (AvgIpc) is 2.54. The summed E-state index contributed by atoms with van der Waals surface area (Å²) in [6.07, 6.45) is 2.19. The number of rotatable bonds is 3. The standard InChI is InChI=1S/C14H15ClN4O3S/c1-22-13-3-2-10(6-11(13)15)23(20,21)19-5-4-9-7-17-14(16)18-12(9)8-19/h2-3,6-7H,4-5,8H2,1H3,(H2,16,17,18). The molecule has 9 heteroatoms. The van der Waals surface area contributed by atoms with Crippen molar-refractivity contribution in [2.24, 2.45) is 0 Å². The van der Waals surface area contributed by atoms with E-state index in [9.17, 15) is 8.42 Å². The monoisotopic (exact) mass is 354 g/mol. The molecule has 2 N–H and O–H groups in total. The van der Waals surface area contributed by atoms with Crippen LogP contribution in [0.3, 0.4) is 0 Å². The van der Waals surface area contributed by atoms with Gasteiger partial charge >= 0.3 is 0 Å². The van der Waals surface area contributed by atoms with Crippen molar-refractivity contribution in [3.63, 3.8) is 0 Å². The van der Waals surface area contributed by atoms with Gasteiger partial charge in [-0.2, -0.15) is 4.31 Å². The van der Waals surface area contributed by atoms with Gasteiger partial charge in [0, 0.05) is 12.7 Å². The number of aromatic nitrogens is 2. The minimum Gasteiger partial charge on any atom is -0.495 e. The van der Waals surface area contributed by atoms with Gasteiger partial charge in [0.05, 0.1) is 29.3 Å². The molecule has 1 aliphatic heterocycles. The van der Waals surface area contributed by atoms with Crippen LogP contribution in [-0.4, -0.2) is 36.3 Å². The van der Waals surface area contributed by atoms with Crippen LogP contribution >= 0.6 is 11.6 Å². The van der Waals surface area contributed by atoms with Crippen LogP contribution in [0.15, 0.2) is 29.3 Å². The first-order valence-electron chi connectivity index (χ1n) is 6.86. The van der Waals surface area contributed by atoms with Crippen molar-refractivity contribution in [3.05, 3.63) is 40.7 Å². The molecule has 2 heterocycles. The third-order valence-electron chi connectivity index (χ3n) is 3.69. The molecule has 1 aliphatic rings. The van der Waals surface area contributed by atoms with Gasteiger partial charge in [-0.3, -0.25) is 0 Å². The van der Waals surface area contributed by atoms with Gasteiger partial charge in [-0.1, -0.05) is 11.6 Å². The Kier molecular flexibility index (Phi) is 4.13. The summed E-state index contributed by atoms with van der Waals surface area (Å²) in [6, 6.07) is 4.40. The predicted octanol–water partition coefficient (Wildman–Crippen LogP) is 1.47. The maximum absolute atomic E-state index is 12.8. The first-order valence-corrected chi connectivity index (χ1v) is 8.67. The van der Waals surface area contributed by atoms with Crippen LogP contribution in [0.25, 0.3) is 0 Å². The summed E-state index contributed by atoms with van der Waals surface area (Å²) in [7, 11) is -2.20. The summed E-state index contributed by atoms with van der Waals surface area (Å²) in [4.78, 5) is 8.19. The van der Waals surface area contributed by atoms with Crippen molar-refractivity contribution in [2.75, 3.05) is 19.4 Å². The molecule has 2 aromatic rings. The molecule has 0 saturated heterocycles. The third-order valence-corrected chi connectivity index (χ3v) is 5.83. The van der Waals surface area contributed by atoms with Crippen LogP contribution in [0.4, 0.5) is 5.95 Å². The first-order chi connectivity index (χ1) is 10.9. The fraction of sp³-hybridized carbons (Fsp3) is 0.286. The van der Waals surface area contributed by atoms with Gasteiger partial charge in [0.1, 0.15) is 5.75 Å². The molecule has 0 radical (unpaired) electrons. The minimum atomic E-state index is -3.67. The number of nitrogens with two attached hydrogens (primary N) is 1. The van der Waals surface area contributed by atoms with Crippen LogP contribution in [0.1, 0.15) is 11.3 Å². The van der Waals surface area contributed by atoms with E-state index in [-0.39, 0.29) is 22.4 Å². The number of ether oxygens (including phenoxy) is 1. The summed E-state index contributed by atoms with van der Waals surface area (Å²) >= 11 is 6.03. The lowest BCUT2D eigenvalue weighted by molar-refractivity contribution is 0.384. The molecule has 122 valence electrons. The molecule has 1 aromatic carbocycles. The zero-order chi connectivity index (χ0) is 16.6. The number of nitrogens with zero attached hydrogens (tertiary/aromatic N) is 3. The number of anilines is 1. The van der Waals surface area contributed by atoms with E-state index < -0.39 is 10.0 Å². The second kappa shape index (κ2) is 5.95. The summed E-state index contributed by atoms with van der Waals surface area (Å²) in [5, 5.41) is 0.248. The fourth-order valence-corrected chi connectivity index (χ4v) is 4.21. The van der Waals surface area contributed by atoms with E-state index in [0.29, 0.717) is 24.4 Å². The molecule has 1 aromatic heterocycles. The molecule has 0 amide bonds. The maximum Gasteiger partial charge on any atom is 0.243 e. The van der Waals surface area contributed by atoms with Gasteiger partial charge in [0.25, 0.3) is 0 Å². The molecule has 23 heavy (non-hydrogen) atoms. The van der Waals surface area contributed by atoms with Gasteiger partial charge in [0.2, 0.25) is 16.0 Å². The average molecular weight is 355 g/mol. The van der Waals surface area contributed by atoms with E-state index in [2.05, 4.69) is 9.97 Å². The van der Waals surface area contributed by atoms with Crippen LogP contribution < -0.4 is 10.5 Å². The molecular weight excluding hydrogens is 340 g/mol. The molecule has 0 bridgehead atoms. The van der Waals surface area contributed by atoms with Gasteiger partial charge in [0.15, 0.2) is 0 Å². The molecule has 0 fully saturated rings. The van der Waals surface area contributed by atoms with Crippen LogP contribution in [-0.2, 0) is 23.0 Å². The number of hydrogen-bond acceptors (Lipinski definition) is 6. The Morgan fingerprint density at radius 2 is 2.17 bits per heavy atom. The highest BCUT2D eigenvalue weighted by Gasteiger charge is 2.29. The second-order valence-electron chi connectivity index (χ2n) is 5.09. The molecule has 0 aliphatic carbocycles. The number of halogens is 1. The molecule has 0 spiro atoms. The zero-order valence-electron chi connectivity index (χ0n) is 12.4. The van der Waals surface area contributed by atoms with Crippen molar-refractivity contribution < 1.29 is 13.2 Å². The highest BCUT2D eigenvalue weighted by molar-refractivity contribution is 7.89. The highest BCUT2D eigenvalue weighted by Crippen LogP contribution is 2.30. The quantitative estimate of drug-likeness (QED) is 0.896. The second-order valence-corrected chi connectivity index (χ2v) is 7.43. The number of benzene rings is 1. The molecule has 0 atom stereocenters. The van der Waals surface area contributed by atoms with Crippen molar-refractivity contribution in [2.45, 2.75) is 17.9 Å². The maximum atomic E-state index is 12.8. The van der Waals surface area contributed by atoms with Crippen LogP contribution in [0.2, 0.25) is 5.02 Å². The Hall–Kier alpha value is -1.90. The van der Waals surface area contributed by atoms with Gasteiger partial charge < -0.3 is 10.5 Å². The van der Waals surface area contributed by atoms with Crippen molar-refractivity contribution in [3.8, 4) is 5.75 Å². The summed E-state index contributed by atoms with van der Waals surface area (Å²) in [5.41, 5.74) is 7.12. The molecule has 7 nitrogen and oxygen atoms in total. The van der Waals surface area contributed by atoms with E-state index in [0.717, 1.165) is 5.56 Å². The number of hydrogen-bond donors (Lipinski definition) is 1. The lowest BCUT2D eigenvalue weighted by atomic mass is 10.1. The van der Waals surface area contributed by atoms with Crippen molar-refractivity contribution in [1.82, 2.24) is 14.3 Å². The number of fused-ring (bicyclic) bond motifs is 1. The topological polar surface area (TPSA) is 98.4 Å². The normalized spacial score (nSPS) is 15.2. The minimum absolute atomic E-state index is 0.119. The number of sulfonamides is 1. The Morgan fingerprint density at radius 1 is 1.39 bits per heavy atom.